The van der Waals surface area contributed by atoms with Crippen molar-refractivity contribution in [3.8, 4) is 0 Å². The molecule has 5 atom stereocenters. The van der Waals surface area contributed by atoms with E-state index in [1.54, 1.807) is 0 Å². The van der Waals surface area contributed by atoms with Gasteiger partial charge in [-0.3, -0.25) is 0 Å². The van der Waals surface area contributed by atoms with Crippen LogP contribution in [0.5, 0.6) is 0 Å². The number of hydrogen-bond acceptors (Lipinski definition) is 4. The Kier molecular flexibility index (Phi) is 1.83. The first-order valence-electron chi connectivity index (χ1n) is 4.89. The van der Waals surface area contributed by atoms with E-state index in [0.29, 0.717) is 19.1 Å². The Morgan fingerprint density at radius 2 is 2.15 bits per heavy atom. The molecule has 0 aromatic carbocycles. The van der Waals surface area contributed by atoms with E-state index in [2.05, 4.69) is 0 Å². The quantitative estimate of drug-likeness (QED) is 0.567. The molecule has 3 aliphatic heterocycles. The average molecular weight is 186 g/mol. The van der Waals surface area contributed by atoms with Crippen molar-refractivity contribution in [2.45, 2.75) is 24.9 Å². The molecule has 0 spiro atoms. The van der Waals surface area contributed by atoms with Crippen molar-refractivity contribution >= 4 is 0 Å². The molecule has 1 N–H and O–H groups in total. The van der Waals surface area contributed by atoms with Crippen molar-refractivity contribution in [3.05, 3.63) is 0 Å². The highest BCUT2D eigenvalue weighted by Crippen LogP contribution is 2.43. The van der Waals surface area contributed by atoms with E-state index < -0.39 is 0 Å². The summed E-state index contributed by atoms with van der Waals surface area (Å²) in [4.78, 5) is 0. The second kappa shape index (κ2) is 2.92. The van der Waals surface area contributed by atoms with E-state index in [9.17, 15) is 5.11 Å². The highest BCUT2D eigenvalue weighted by atomic mass is 16.7. The summed E-state index contributed by atoms with van der Waals surface area (Å²) in [7, 11) is 0. The molecule has 3 rings (SSSR count). The lowest BCUT2D eigenvalue weighted by atomic mass is 9.83. The first-order valence-corrected chi connectivity index (χ1v) is 4.89. The number of hydrogen-bond donors (Lipinski definition) is 1. The fourth-order valence-corrected chi connectivity index (χ4v) is 2.73. The molecular weight excluding hydrogens is 172 g/mol. The van der Waals surface area contributed by atoms with Crippen LogP contribution < -0.4 is 0 Å². The number of fused-ring (bicyclic) bond motifs is 3. The van der Waals surface area contributed by atoms with Crippen LogP contribution in [0.25, 0.3) is 0 Å². The van der Waals surface area contributed by atoms with Gasteiger partial charge in [-0.05, 0) is 6.42 Å². The third-order valence-electron chi connectivity index (χ3n) is 3.33. The third-order valence-corrected chi connectivity index (χ3v) is 3.33. The van der Waals surface area contributed by atoms with Gasteiger partial charge in [0.2, 0.25) is 0 Å². The van der Waals surface area contributed by atoms with Gasteiger partial charge in [0.25, 0.3) is 0 Å². The van der Waals surface area contributed by atoms with Gasteiger partial charge >= 0.3 is 0 Å². The van der Waals surface area contributed by atoms with Crippen LogP contribution in [-0.4, -0.2) is 43.4 Å². The summed E-state index contributed by atoms with van der Waals surface area (Å²) in [6, 6.07) is 0. The summed E-state index contributed by atoms with van der Waals surface area (Å²) < 4.78 is 16.3. The van der Waals surface area contributed by atoms with E-state index in [1.807, 2.05) is 0 Å². The van der Waals surface area contributed by atoms with Crippen molar-refractivity contribution in [2.24, 2.45) is 11.8 Å². The monoisotopic (exact) mass is 186 g/mol. The number of ether oxygens (including phenoxy) is 3. The van der Waals surface area contributed by atoms with Crippen molar-refractivity contribution in [1.29, 1.82) is 0 Å². The smallest absolute Gasteiger partial charge is 0.161 e. The first-order chi connectivity index (χ1) is 6.36. The third kappa shape index (κ3) is 1.13. The van der Waals surface area contributed by atoms with Crippen molar-refractivity contribution in [2.75, 3.05) is 19.8 Å². The summed E-state index contributed by atoms with van der Waals surface area (Å²) in [6.45, 7) is 1.83. The Labute approximate surface area is 76.8 Å². The summed E-state index contributed by atoms with van der Waals surface area (Å²) in [5, 5.41) is 9.77. The van der Waals surface area contributed by atoms with Crippen LogP contribution in [0.4, 0.5) is 0 Å². The van der Waals surface area contributed by atoms with Gasteiger partial charge in [0.15, 0.2) is 6.29 Å². The average Bonchev–Trinajstić information content (AvgIpc) is 2.62. The maximum Gasteiger partial charge on any atom is 0.161 e. The minimum atomic E-state index is -0.365. The molecule has 13 heavy (non-hydrogen) atoms. The molecule has 3 saturated heterocycles. The van der Waals surface area contributed by atoms with E-state index in [-0.39, 0.29) is 24.4 Å². The number of rotatable bonds is 0. The fourth-order valence-electron chi connectivity index (χ4n) is 2.73. The van der Waals surface area contributed by atoms with Crippen LogP contribution in [0.1, 0.15) is 6.42 Å². The van der Waals surface area contributed by atoms with E-state index in [0.717, 1.165) is 13.0 Å². The topological polar surface area (TPSA) is 47.9 Å². The highest BCUT2D eigenvalue weighted by Gasteiger charge is 2.52. The molecule has 4 heteroatoms. The van der Waals surface area contributed by atoms with Crippen molar-refractivity contribution in [1.82, 2.24) is 0 Å². The van der Waals surface area contributed by atoms with Gasteiger partial charge in [0.1, 0.15) is 0 Å². The van der Waals surface area contributed by atoms with Gasteiger partial charge in [-0.1, -0.05) is 0 Å². The predicted molar refractivity (Wildman–Crippen MR) is 43.0 cm³/mol. The Bertz CT molecular complexity index is 208. The van der Waals surface area contributed by atoms with Crippen molar-refractivity contribution in [3.63, 3.8) is 0 Å². The van der Waals surface area contributed by atoms with Crippen LogP contribution in [-0.2, 0) is 14.2 Å². The largest absolute Gasteiger partial charge is 0.390 e. The molecule has 3 aliphatic rings. The molecule has 74 valence electrons. The van der Waals surface area contributed by atoms with Gasteiger partial charge in [-0.25, -0.2) is 0 Å². The van der Waals surface area contributed by atoms with E-state index in [1.165, 1.54) is 0 Å². The van der Waals surface area contributed by atoms with Crippen LogP contribution in [0.2, 0.25) is 0 Å². The van der Waals surface area contributed by atoms with Crippen LogP contribution in [0.3, 0.4) is 0 Å². The van der Waals surface area contributed by atoms with Crippen LogP contribution in [0, 0.1) is 11.8 Å². The van der Waals surface area contributed by atoms with E-state index >= 15 is 0 Å². The van der Waals surface area contributed by atoms with Gasteiger partial charge in [-0.15, -0.1) is 0 Å². The Hall–Kier alpha value is -0.160. The Balaban J connectivity index is 1.83. The van der Waals surface area contributed by atoms with Crippen molar-refractivity contribution < 1.29 is 19.3 Å². The lowest BCUT2D eigenvalue weighted by molar-refractivity contribution is -0.153. The predicted octanol–water partition coefficient (Wildman–Crippen LogP) is -0.245. The van der Waals surface area contributed by atoms with Crippen LogP contribution >= 0.6 is 0 Å². The standard InChI is InChI=1S/C9H14O4/c10-6-3-11-4-7-8(6)5-1-2-12-9(5)13-7/h5-10H,1-4H2/t5-,6+,7-,8+,9+/m1/s1. The maximum absolute atomic E-state index is 9.77. The molecule has 0 radical (unpaired) electrons. The molecular formula is C9H14O4. The van der Waals surface area contributed by atoms with Gasteiger partial charge in [0.05, 0.1) is 32.0 Å². The molecule has 0 unspecified atom stereocenters. The summed E-state index contributed by atoms with van der Waals surface area (Å²) in [6.07, 6.45) is 0.629. The molecule has 0 aromatic heterocycles. The molecule has 0 aliphatic carbocycles. The normalized spacial score (nSPS) is 54.7. The van der Waals surface area contributed by atoms with E-state index in [4.69, 9.17) is 14.2 Å². The number of aliphatic hydroxyl groups excluding tert-OH is 1. The molecule has 0 bridgehead atoms. The zero-order chi connectivity index (χ0) is 8.84. The fraction of sp³-hybridized carbons (Fsp3) is 1.00. The minimum absolute atomic E-state index is 0.0547. The summed E-state index contributed by atoms with van der Waals surface area (Å²) in [5.41, 5.74) is 0. The van der Waals surface area contributed by atoms with Gasteiger partial charge in [-0.2, -0.15) is 0 Å². The maximum atomic E-state index is 9.77. The lowest BCUT2D eigenvalue weighted by Crippen LogP contribution is -2.43. The Morgan fingerprint density at radius 3 is 3.08 bits per heavy atom. The zero-order valence-electron chi connectivity index (χ0n) is 7.39. The molecule has 3 fully saturated rings. The first kappa shape index (κ1) is 8.17. The number of aliphatic hydroxyl groups is 1. The van der Waals surface area contributed by atoms with Crippen LogP contribution in [0.15, 0.2) is 0 Å². The zero-order valence-corrected chi connectivity index (χ0v) is 7.39. The summed E-state index contributed by atoms with van der Waals surface area (Å²) in [5.74, 6) is 0.630. The summed E-state index contributed by atoms with van der Waals surface area (Å²) >= 11 is 0. The highest BCUT2D eigenvalue weighted by molar-refractivity contribution is 4.95. The molecule has 0 aromatic rings. The van der Waals surface area contributed by atoms with Gasteiger partial charge in [0, 0.05) is 11.8 Å². The second-order valence-corrected chi connectivity index (χ2v) is 4.05. The molecule has 0 saturated carbocycles. The molecule has 0 amide bonds. The minimum Gasteiger partial charge on any atom is -0.390 e. The Morgan fingerprint density at radius 1 is 1.23 bits per heavy atom. The molecule has 4 nitrogen and oxygen atoms in total. The second-order valence-electron chi connectivity index (χ2n) is 4.05. The molecule has 3 heterocycles. The van der Waals surface area contributed by atoms with Gasteiger partial charge < -0.3 is 19.3 Å². The lowest BCUT2D eigenvalue weighted by Gasteiger charge is -2.31. The SMILES string of the molecule is O[C@H]1COC[C@H]2O[C@@H]3OCC[C@@H]3[C@@H]12.